The molecule has 1 fully saturated rings. The zero-order valence-corrected chi connectivity index (χ0v) is 9.92. The van der Waals surface area contributed by atoms with E-state index in [0.717, 1.165) is 18.4 Å². The monoisotopic (exact) mass is 207 g/mol. The van der Waals surface area contributed by atoms with Crippen molar-refractivity contribution in [2.45, 2.75) is 33.6 Å². The van der Waals surface area contributed by atoms with E-state index in [2.05, 4.69) is 17.5 Å². The molecule has 84 valence electrons. The van der Waals surface area contributed by atoms with Gasteiger partial charge in [0, 0.05) is 12.0 Å². The summed E-state index contributed by atoms with van der Waals surface area (Å²) in [5.74, 6) is 2.39. The molecule has 0 aromatic heterocycles. The topological polar surface area (TPSA) is 29.1 Å². The molecule has 0 aromatic rings. The molecular weight excluding hydrogens is 186 g/mol. The Bertz CT molecular complexity index is 287. The lowest BCUT2D eigenvalue weighted by Crippen LogP contribution is -2.38. The van der Waals surface area contributed by atoms with Crippen molar-refractivity contribution in [1.29, 1.82) is 0 Å². The number of hydrogen-bond acceptors (Lipinski definition) is 1. The van der Waals surface area contributed by atoms with Crippen LogP contribution in [0.15, 0.2) is 12.2 Å². The van der Waals surface area contributed by atoms with Gasteiger partial charge in [-0.15, -0.1) is 0 Å². The fraction of sp³-hybridized carbons (Fsp3) is 0.769. The second kappa shape index (κ2) is 3.66. The van der Waals surface area contributed by atoms with Gasteiger partial charge in [-0.3, -0.25) is 4.79 Å². The number of rotatable bonds is 2. The second-order valence-electron chi connectivity index (χ2n) is 6.00. The van der Waals surface area contributed by atoms with Gasteiger partial charge in [0.1, 0.15) is 0 Å². The summed E-state index contributed by atoms with van der Waals surface area (Å²) >= 11 is 0. The van der Waals surface area contributed by atoms with Crippen LogP contribution >= 0.6 is 0 Å². The normalized spacial score (nSPS) is 33.4. The predicted octanol–water partition coefficient (Wildman–Crippen LogP) is 2.36. The number of nitrogens with one attached hydrogen (secondary N) is 1. The lowest BCUT2D eigenvalue weighted by Gasteiger charge is -2.22. The van der Waals surface area contributed by atoms with Crippen LogP contribution in [0, 0.1) is 23.2 Å². The number of fused-ring (bicyclic) bond motifs is 2. The van der Waals surface area contributed by atoms with Crippen molar-refractivity contribution in [1.82, 2.24) is 5.32 Å². The molecule has 2 bridgehead atoms. The Labute approximate surface area is 92.1 Å². The third kappa shape index (κ3) is 2.24. The number of carbonyl (C=O) groups excluding carboxylic acids is 1. The van der Waals surface area contributed by atoms with Crippen molar-refractivity contribution in [3.8, 4) is 0 Å². The summed E-state index contributed by atoms with van der Waals surface area (Å²) in [6, 6.07) is 0. The Hall–Kier alpha value is -0.790. The lowest BCUT2D eigenvalue weighted by atomic mass is 9.92. The zero-order valence-electron chi connectivity index (χ0n) is 9.92. The molecule has 0 saturated heterocycles. The molecule has 15 heavy (non-hydrogen) atoms. The van der Waals surface area contributed by atoms with Gasteiger partial charge in [0.15, 0.2) is 0 Å². The van der Waals surface area contributed by atoms with Crippen LogP contribution in [-0.4, -0.2) is 12.5 Å². The first-order valence-corrected chi connectivity index (χ1v) is 5.93. The maximum absolute atomic E-state index is 11.7. The molecule has 2 aliphatic carbocycles. The molecule has 3 atom stereocenters. The Morgan fingerprint density at radius 1 is 1.33 bits per heavy atom. The summed E-state index contributed by atoms with van der Waals surface area (Å²) in [7, 11) is 0. The molecule has 2 heteroatoms. The van der Waals surface area contributed by atoms with Crippen LogP contribution in [0.5, 0.6) is 0 Å². The van der Waals surface area contributed by atoms with Gasteiger partial charge in [-0.25, -0.2) is 0 Å². The largest absolute Gasteiger partial charge is 0.355 e. The third-order valence-electron chi connectivity index (χ3n) is 3.62. The highest BCUT2D eigenvalue weighted by atomic mass is 16.2. The van der Waals surface area contributed by atoms with Crippen LogP contribution < -0.4 is 5.32 Å². The van der Waals surface area contributed by atoms with Crippen molar-refractivity contribution in [2.24, 2.45) is 23.2 Å². The first-order chi connectivity index (χ1) is 6.97. The van der Waals surface area contributed by atoms with Crippen molar-refractivity contribution in [3.63, 3.8) is 0 Å². The van der Waals surface area contributed by atoms with Gasteiger partial charge in [-0.2, -0.15) is 0 Å². The zero-order chi connectivity index (χ0) is 11.1. The van der Waals surface area contributed by atoms with Crippen LogP contribution in [0.3, 0.4) is 0 Å². The molecule has 1 amide bonds. The van der Waals surface area contributed by atoms with E-state index in [4.69, 9.17) is 0 Å². The maximum atomic E-state index is 11.7. The minimum atomic E-state index is -0.256. The first kappa shape index (κ1) is 10.7. The number of hydrogen-bond donors (Lipinski definition) is 1. The second-order valence-corrected chi connectivity index (χ2v) is 6.00. The summed E-state index contributed by atoms with van der Waals surface area (Å²) in [6.07, 6.45) is 7.26. The molecule has 2 rings (SSSR count). The Morgan fingerprint density at radius 3 is 2.53 bits per heavy atom. The minimum Gasteiger partial charge on any atom is -0.355 e. The molecule has 1 saturated carbocycles. The molecule has 1 N–H and O–H groups in total. The molecule has 0 heterocycles. The Morgan fingerprint density at radius 2 is 2.07 bits per heavy atom. The van der Waals surface area contributed by atoms with Gasteiger partial charge in [0.2, 0.25) is 5.91 Å². The molecule has 0 aliphatic heterocycles. The van der Waals surface area contributed by atoms with E-state index in [1.54, 1.807) is 0 Å². The summed E-state index contributed by atoms with van der Waals surface area (Å²) in [4.78, 5) is 11.7. The quantitative estimate of drug-likeness (QED) is 0.692. The van der Waals surface area contributed by atoms with Crippen LogP contribution in [0.25, 0.3) is 0 Å². The lowest BCUT2D eigenvalue weighted by molar-refractivity contribution is -0.128. The molecular formula is C13H21NO. The van der Waals surface area contributed by atoms with E-state index in [1.165, 1.54) is 12.8 Å². The summed E-state index contributed by atoms with van der Waals surface area (Å²) in [5.41, 5.74) is -0.256. The Balaban J connectivity index is 1.80. The van der Waals surface area contributed by atoms with Gasteiger partial charge in [-0.05, 0) is 30.6 Å². The van der Waals surface area contributed by atoms with E-state index in [9.17, 15) is 4.79 Å². The highest BCUT2D eigenvalue weighted by molar-refractivity contribution is 5.81. The molecule has 0 aromatic carbocycles. The predicted molar refractivity (Wildman–Crippen MR) is 61.3 cm³/mol. The molecule has 2 nitrogen and oxygen atoms in total. The number of amides is 1. The van der Waals surface area contributed by atoms with Gasteiger partial charge in [0.05, 0.1) is 0 Å². The smallest absolute Gasteiger partial charge is 0.225 e. The first-order valence-electron chi connectivity index (χ1n) is 5.93. The van der Waals surface area contributed by atoms with Crippen molar-refractivity contribution in [2.75, 3.05) is 6.54 Å². The number of carbonyl (C=O) groups is 1. The van der Waals surface area contributed by atoms with Crippen LogP contribution in [0.1, 0.15) is 33.6 Å². The van der Waals surface area contributed by atoms with E-state index < -0.39 is 0 Å². The summed E-state index contributed by atoms with van der Waals surface area (Å²) in [6.45, 7) is 6.75. The fourth-order valence-corrected chi connectivity index (χ4v) is 2.62. The molecule has 0 unspecified atom stereocenters. The van der Waals surface area contributed by atoms with Gasteiger partial charge >= 0.3 is 0 Å². The van der Waals surface area contributed by atoms with Crippen LogP contribution in [0.4, 0.5) is 0 Å². The van der Waals surface area contributed by atoms with Crippen molar-refractivity contribution >= 4 is 5.91 Å². The van der Waals surface area contributed by atoms with Crippen LogP contribution in [0.2, 0.25) is 0 Å². The molecule has 2 aliphatic rings. The van der Waals surface area contributed by atoms with Gasteiger partial charge in [-0.1, -0.05) is 32.9 Å². The van der Waals surface area contributed by atoms with E-state index >= 15 is 0 Å². The standard InChI is InChI=1S/C13H21NO/c1-13(2,3)12(15)14-8-11-7-9-4-5-10(11)6-9/h4-5,9-11H,6-8H2,1-3H3,(H,14,15)/t9-,10+,11-/m1/s1. The summed E-state index contributed by atoms with van der Waals surface area (Å²) < 4.78 is 0. The van der Waals surface area contributed by atoms with Crippen LogP contribution in [-0.2, 0) is 4.79 Å². The Kier molecular flexibility index (Phi) is 2.61. The SMILES string of the molecule is CC(C)(C)C(=O)NC[C@H]1C[C@@H]2C=C[C@H]1C2. The van der Waals surface area contributed by atoms with E-state index in [-0.39, 0.29) is 11.3 Å². The number of allylic oxidation sites excluding steroid dienone is 2. The van der Waals surface area contributed by atoms with Crippen molar-refractivity contribution < 1.29 is 4.79 Å². The molecule has 0 radical (unpaired) electrons. The van der Waals surface area contributed by atoms with Crippen molar-refractivity contribution in [3.05, 3.63) is 12.2 Å². The van der Waals surface area contributed by atoms with Gasteiger partial charge in [0.25, 0.3) is 0 Å². The maximum Gasteiger partial charge on any atom is 0.225 e. The average Bonchev–Trinajstić information content (AvgIpc) is 2.73. The average molecular weight is 207 g/mol. The minimum absolute atomic E-state index is 0.175. The van der Waals surface area contributed by atoms with E-state index in [1.807, 2.05) is 20.8 Å². The highest BCUT2D eigenvalue weighted by Gasteiger charge is 2.35. The highest BCUT2D eigenvalue weighted by Crippen LogP contribution is 2.42. The molecule has 0 spiro atoms. The van der Waals surface area contributed by atoms with E-state index in [0.29, 0.717) is 5.92 Å². The fourth-order valence-electron chi connectivity index (χ4n) is 2.62. The van der Waals surface area contributed by atoms with Gasteiger partial charge < -0.3 is 5.32 Å². The third-order valence-corrected chi connectivity index (χ3v) is 3.62. The summed E-state index contributed by atoms with van der Waals surface area (Å²) in [5, 5.41) is 3.08.